The highest BCUT2D eigenvalue weighted by Crippen LogP contribution is 2.30. The molecule has 0 atom stereocenters. The van der Waals surface area contributed by atoms with E-state index in [-0.39, 0.29) is 0 Å². The number of hydrogen-bond acceptors (Lipinski definition) is 5. The Labute approximate surface area is 149 Å². The van der Waals surface area contributed by atoms with Gasteiger partial charge in [-0.2, -0.15) is 0 Å². The average molecular weight is 340 g/mol. The Balaban J connectivity index is 1.42. The minimum atomic E-state index is 0.648. The molecule has 1 aliphatic heterocycles. The largest absolute Gasteiger partial charge is 0.444 e. The van der Waals surface area contributed by atoms with Gasteiger partial charge in [0.15, 0.2) is 0 Å². The number of pyridine rings is 1. The van der Waals surface area contributed by atoms with Crippen LogP contribution in [0.2, 0.25) is 0 Å². The highest BCUT2D eigenvalue weighted by molar-refractivity contribution is 5.70. The Hall–Kier alpha value is -1.88. The monoisotopic (exact) mass is 340 g/mol. The number of hydrogen-bond donors (Lipinski definition) is 1. The Morgan fingerprint density at radius 1 is 1.04 bits per heavy atom. The molecule has 2 aromatic heterocycles. The Morgan fingerprint density at radius 2 is 1.80 bits per heavy atom. The fourth-order valence-electron chi connectivity index (χ4n) is 4.19. The van der Waals surface area contributed by atoms with E-state index in [1.807, 2.05) is 6.20 Å². The Morgan fingerprint density at radius 3 is 2.52 bits per heavy atom. The Kier molecular flexibility index (Phi) is 5.02. The van der Waals surface area contributed by atoms with Crippen LogP contribution in [-0.4, -0.2) is 35.1 Å². The number of oxazole rings is 1. The number of anilines is 1. The molecule has 3 heterocycles. The molecule has 0 spiro atoms. The van der Waals surface area contributed by atoms with Crippen LogP contribution in [0.1, 0.15) is 50.5 Å². The molecule has 134 valence electrons. The van der Waals surface area contributed by atoms with Crippen molar-refractivity contribution in [3.63, 3.8) is 0 Å². The third-order valence-electron chi connectivity index (χ3n) is 5.54. The van der Waals surface area contributed by atoms with Gasteiger partial charge in [0.1, 0.15) is 12.1 Å². The van der Waals surface area contributed by atoms with Gasteiger partial charge in [0, 0.05) is 31.4 Å². The van der Waals surface area contributed by atoms with E-state index < -0.39 is 0 Å². The first-order valence-corrected chi connectivity index (χ1v) is 9.67. The van der Waals surface area contributed by atoms with Gasteiger partial charge in [-0.1, -0.05) is 19.3 Å². The smallest absolute Gasteiger partial charge is 0.229 e. The third kappa shape index (κ3) is 3.87. The fraction of sp³-hybridized carbons (Fsp3) is 0.600. The van der Waals surface area contributed by atoms with Crippen molar-refractivity contribution in [2.24, 2.45) is 0 Å². The van der Waals surface area contributed by atoms with Gasteiger partial charge < -0.3 is 14.6 Å². The molecule has 0 unspecified atom stereocenters. The van der Waals surface area contributed by atoms with Gasteiger partial charge in [0.05, 0.1) is 11.8 Å². The number of aromatic nitrogens is 2. The minimum absolute atomic E-state index is 0.648. The maximum atomic E-state index is 5.54. The molecular weight excluding hydrogens is 312 g/mol. The van der Waals surface area contributed by atoms with Crippen LogP contribution in [0.15, 0.2) is 29.1 Å². The predicted molar refractivity (Wildman–Crippen MR) is 99.7 cm³/mol. The van der Waals surface area contributed by atoms with Crippen LogP contribution in [0.25, 0.3) is 11.5 Å². The van der Waals surface area contributed by atoms with Crippen LogP contribution in [0.5, 0.6) is 0 Å². The summed E-state index contributed by atoms with van der Waals surface area (Å²) >= 11 is 0. The van der Waals surface area contributed by atoms with E-state index in [4.69, 9.17) is 9.40 Å². The summed E-state index contributed by atoms with van der Waals surface area (Å²) in [7, 11) is 0. The van der Waals surface area contributed by atoms with Crippen LogP contribution in [0.3, 0.4) is 0 Å². The zero-order chi connectivity index (χ0) is 17.1. The molecule has 4 rings (SSSR count). The highest BCUT2D eigenvalue weighted by Gasteiger charge is 2.25. The summed E-state index contributed by atoms with van der Waals surface area (Å²) < 4.78 is 5.54. The zero-order valence-electron chi connectivity index (χ0n) is 15.1. The molecule has 0 amide bonds. The van der Waals surface area contributed by atoms with Gasteiger partial charge in [-0.05, 0) is 44.2 Å². The number of nitrogens with zero attached hydrogens (tertiary/aromatic N) is 3. The molecule has 1 saturated carbocycles. The SMILES string of the molecule is Cc1cnc(N2CCC(NC3CCCCC3)CC2)c(-c2ncco2)c1. The zero-order valence-corrected chi connectivity index (χ0v) is 15.1. The molecule has 1 aliphatic carbocycles. The van der Waals surface area contributed by atoms with Crippen molar-refractivity contribution in [1.29, 1.82) is 0 Å². The molecule has 25 heavy (non-hydrogen) atoms. The summed E-state index contributed by atoms with van der Waals surface area (Å²) in [5.41, 5.74) is 2.13. The summed E-state index contributed by atoms with van der Waals surface area (Å²) in [5.74, 6) is 1.66. The number of nitrogens with one attached hydrogen (secondary N) is 1. The maximum absolute atomic E-state index is 5.54. The summed E-state index contributed by atoms with van der Waals surface area (Å²) in [4.78, 5) is 11.4. The molecule has 5 heteroatoms. The normalized spacial score (nSPS) is 20.1. The molecule has 2 aromatic rings. The Bertz CT molecular complexity index is 671. The standard InChI is InChI=1S/C20H28N4O/c1-15-13-18(20-21-9-12-25-20)19(22-14-15)24-10-7-17(8-11-24)23-16-5-3-2-4-6-16/h9,12-14,16-17,23H,2-8,10-11H2,1H3. The summed E-state index contributed by atoms with van der Waals surface area (Å²) in [6, 6.07) is 3.52. The maximum Gasteiger partial charge on any atom is 0.229 e. The first-order valence-electron chi connectivity index (χ1n) is 9.67. The van der Waals surface area contributed by atoms with E-state index in [0.717, 1.165) is 36.1 Å². The number of aryl methyl sites for hydroxylation is 1. The second kappa shape index (κ2) is 7.56. The van der Waals surface area contributed by atoms with Gasteiger partial charge in [0.2, 0.25) is 5.89 Å². The molecular formula is C20H28N4O. The number of piperidine rings is 1. The molecule has 5 nitrogen and oxygen atoms in total. The van der Waals surface area contributed by atoms with Gasteiger partial charge in [-0.15, -0.1) is 0 Å². The topological polar surface area (TPSA) is 54.2 Å². The van der Waals surface area contributed by atoms with E-state index in [1.165, 1.54) is 44.9 Å². The number of rotatable bonds is 4. The van der Waals surface area contributed by atoms with Crippen molar-refractivity contribution >= 4 is 5.82 Å². The molecule has 2 aliphatic rings. The third-order valence-corrected chi connectivity index (χ3v) is 5.54. The van der Waals surface area contributed by atoms with Crippen LogP contribution in [0, 0.1) is 6.92 Å². The van der Waals surface area contributed by atoms with Crippen LogP contribution in [0.4, 0.5) is 5.82 Å². The molecule has 0 aromatic carbocycles. The lowest BCUT2D eigenvalue weighted by molar-refractivity contribution is 0.307. The van der Waals surface area contributed by atoms with Gasteiger partial charge >= 0.3 is 0 Å². The lowest BCUT2D eigenvalue weighted by Gasteiger charge is -2.36. The van der Waals surface area contributed by atoms with Crippen LogP contribution >= 0.6 is 0 Å². The van der Waals surface area contributed by atoms with Gasteiger partial charge in [-0.3, -0.25) is 0 Å². The first kappa shape index (κ1) is 16.6. The van der Waals surface area contributed by atoms with Crippen LogP contribution in [-0.2, 0) is 0 Å². The fourth-order valence-corrected chi connectivity index (χ4v) is 4.19. The second-order valence-electron chi connectivity index (χ2n) is 7.48. The summed E-state index contributed by atoms with van der Waals surface area (Å²) in [6.45, 7) is 4.13. The molecule has 2 fully saturated rings. The second-order valence-corrected chi connectivity index (χ2v) is 7.48. The molecule has 1 N–H and O–H groups in total. The molecule has 0 bridgehead atoms. The van der Waals surface area contributed by atoms with Crippen molar-refractivity contribution in [3.8, 4) is 11.5 Å². The lowest BCUT2D eigenvalue weighted by Crippen LogP contribution is -2.47. The van der Waals surface area contributed by atoms with Crippen molar-refractivity contribution in [1.82, 2.24) is 15.3 Å². The van der Waals surface area contributed by atoms with E-state index in [9.17, 15) is 0 Å². The van der Waals surface area contributed by atoms with Crippen molar-refractivity contribution in [2.75, 3.05) is 18.0 Å². The van der Waals surface area contributed by atoms with Gasteiger partial charge in [-0.25, -0.2) is 9.97 Å². The van der Waals surface area contributed by atoms with E-state index in [2.05, 4.69) is 28.2 Å². The predicted octanol–water partition coefficient (Wildman–Crippen LogP) is 3.94. The first-order chi connectivity index (χ1) is 12.3. The van der Waals surface area contributed by atoms with Gasteiger partial charge in [0.25, 0.3) is 0 Å². The summed E-state index contributed by atoms with van der Waals surface area (Å²) in [5, 5.41) is 3.90. The van der Waals surface area contributed by atoms with E-state index in [1.54, 1.807) is 12.5 Å². The lowest BCUT2D eigenvalue weighted by atomic mass is 9.93. The molecule has 0 radical (unpaired) electrons. The minimum Gasteiger partial charge on any atom is -0.444 e. The van der Waals surface area contributed by atoms with E-state index in [0.29, 0.717) is 11.9 Å². The van der Waals surface area contributed by atoms with Crippen molar-refractivity contribution in [3.05, 3.63) is 30.3 Å². The van der Waals surface area contributed by atoms with Crippen LogP contribution < -0.4 is 10.2 Å². The van der Waals surface area contributed by atoms with E-state index >= 15 is 0 Å². The quantitative estimate of drug-likeness (QED) is 0.914. The summed E-state index contributed by atoms with van der Waals surface area (Å²) in [6.07, 6.45) is 14.5. The highest BCUT2D eigenvalue weighted by atomic mass is 16.3. The van der Waals surface area contributed by atoms with Crippen molar-refractivity contribution < 1.29 is 4.42 Å². The molecule has 1 saturated heterocycles. The van der Waals surface area contributed by atoms with Crippen molar-refractivity contribution in [2.45, 2.75) is 64.0 Å². The average Bonchev–Trinajstić information content (AvgIpc) is 3.18.